The van der Waals surface area contributed by atoms with E-state index >= 15 is 0 Å². The number of carbonyl (C=O) groups excluding carboxylic acids is 1. The van der Waals surface area contributed by atoms with Crippen LogP contribution in [-0.2, 0) is 15.6 Å². The number of carbonyl (C=O) groups is 1. The van der Waals surface area contributed by atoms with Gasteiger partial charge in [0.05, 0.1) is 6.61 Å². The van der Waals surface area contributed by atoms with Crippen LogP contribution in [0.5, 0.6) is 0 Å². The van der Waals surface area contributed by atoms with Crippen molar-refractivity contribution in [3.05, 3.63) is 96.6 Å². The fourth-order valence-electron chi connectivity index (χ4n) is 5.06. The largest absolute Gasteiger partial charge is 0.396 e. The van der Waals surface area contributed by atoms with Crippen LogP contribution in [0.1, 0.15) is 39.2 Å². The van der Waals surface area contributed by atoms with Crippen molar-refractivity contribution in [1.29, 1.82) is 0 Å². The Morgan fingerprint density at radius 1 is 0.853 bits per heavy atom. The molecule has 1 saturated carbocycles. The van der Waals surface area contributed by atoms with E-state index in [-0.39, 0.29) is 16.9 Å². The Kier molecular flexibility index (Phi) is 7.51. The minimum absolute atomic E-state index is 0.0561. The van der Waals surface area contributed by atoms with E-state index in [4.69, 9.17) is 4.43 Å². The van der Waals surface area contributed by atoms with Crippen LogP contribution in [0.25, 0.3) is 0 Å². The maximum absolute atomic E-state index is 12.8. The first-order valence-electron chi connectivity index (χ1n) is 12.2. The number of Topliss-reactive ketones (excluding diaryl/α,β-unsaturated/α-hetero) is 1. The summed E-state index contributed by atoms with van der Waals surface area (Å²) in [6.45, 7) is 7.20. The molecule has 0 bridgehead atoms. The molecule has 0 aromatic heterocycles. The quantitative estimate of drug-likeness (QED) is 0.344. The third kappa shape index (κ3) is 5.09. The molecule has 0 amide bonds. The standard InChI is InChI=1S/C31H34O2Si/c1-31(2,3)34(27-17-9-5-10-18-27,28-19-11-6-12-20-28)33-23-13-16-26-21-22-29(26)30(32)24-25-14-7-4-8-15-25/h4-12,14-15,17-20,26,29H,21-24H2,1-3H3/t26-,29-/m0/s1. The Hall–Kier alpha value is -2.93. The van der Waals surface area contributed by atoms with Gasteiger partial charge in [0.15, 0.2) is 0 Å². The summed E-state index contributed by atoms with van der Waals surface area (Å²) >= 11 is 0. The van der Waals surface area contributed by atoms with Crippen molar-refractivity contribution in [3.63, 3.8) is 0 Å². The summed E-state index contributed by atoms with van der Waals surface area (Å²) in [4.78, 5) is 12.8. The second kappa shape index (κ2) is 10.6. The minimum atomic E-state index is -2.57. The molecule has 0 radical (unpaired) electrons. The van der Waals surface area contributed by atoms with E-state index < -0.39 is 8.32 Å². The lowest BCUT2D eigenvalue weighted by atomic mass is 9.70. The third-order valence-corrected chi connectivity index (χ3v) is 12.0. The molecule has 2 nitrogen and oxygen atoms in total. The molecule has 0 N–H and O–H groups in total. The molecule has 4 rings (SSSR count). The Bertz CT molecular complexity index is 1100. The zero-order valence-electron chi connectivity index (χ0n) is 20.5. The van der Waals surface area contributed by atoms with Crippen molar-refractivity contribution in [2.75, 3.05) is 6.61 Å². The topological polar surface area (TPSA) is 26.3 Å². The Morgan fingerprint density at radius 2 is 1.38 bits per heavy atom. The number of rotatable bonds is 7. The predicted molar refractivity (Wildman–Crippen MR) is 143 cm³/mol. The van der Waals surface area contributed by atoms with E-state index in [0.29, 0.717) is 18.8 Å². The number of hydrogen-bond donors (Lipinski definition) is 0. The molecule has 1 fully saturated rings. The van der Waals surface area contributed by atoms with Gasteiger partial charge in [-0.15, -0.1) is 0 Å². The van der Waals surface area contributed by atoms with Crippen molar-refractivity contribution in [2.24, 2.45) is 11.8 Å². The normalized spacial score (nSPS) is 17.9. The summed E-state index contributed by atoms with van der Waals surface area (Å²) in [5.74, 6) is 7.22. The highest BCUT2D eigenvalue weighted by Gasteiger charge is 2.50. The van der Waals surface area contributed by atoms with Crippen LogP contribution >= 0.6 is 0 Å². The lowest BCUT2D eigenvalue weighted by molar-refractivity contribution is -0.126. The first-order chi connectivity index (χ1) is 16.4. The summed E-state index contributed by atoms with van der Waals surface area (Å²) in [7, 11) is -2.57. The molecule has 2 atom stereocenters. The van der Waals surface area contributed by atoms with Crippen LogP contribution in [0.4, 0.5) is 0 Å². The number of ketones is 1. The molecule has 34 heavy (non-hydrogen) atoms. The predicted octanol–water partition coefficient (Wildman–Crippen LogP) is 5.40. The fraction of sp³-hybridized carbons (Fsp3) is 0.323. The first-order valence-corrected chi connectivity index (χ1v) is 14.1. The number of hydrogen-bond acceptors (Lipinski definition) is 2. The first kappa shape index (κ1) is 24.2. The fourth-order valence-corrected chi connectivity index (χ4v) is 9.51. The molecule has 3 aromatic rings. The van der Waals surface area contributed by atoms with Crippen LogP contribution in [-0.4, -0.2) is 20.7 Å². The smallest absolute Gasteiger partial charge is 0.262 e. The van der Waals surface area contributed by atoms with E-state index in [9.17, 15) is 4.79 Å². The van der Waals surface area contributed by atoms with E-state index in [1.165, 1.54) is 10.4 Å². The van der Waals surface area contributed by atoms with Gasteiger partial charge in [0.25, 0.3) is 8.32 Å². The molecular formula is C31H34O2Si. The maximum atomic E-state index is 12.8. The van der Waals surface area contributed by atoms with Gasteiger partial charge in [-0.3, -0.25) is 4.79 Å². The van der Waals surface area contributed by atoms with Gasteiger partial charge in [0, 0.05) is 18.3 Å². The zero-order chi connectivity index (χ0) is 24.0. The third-order valence-electron chi connectivity index (χ3n) is 6.97. The molecule has 0 heterocycles. The highest BCUT2D eigenvalue weighted by Crippen LogP contribution is 2.37. The SMILES string of the molecule is CC(C)(C)[Si](OCC#C[C@H]1CC[C@@H]1C(=O)Cc1ccccc1)(c1ccccc1)c1ccccc1. The second-order valence-corrected chi connectivity index (χ2v) is 14.5. The summed E-state index contributed by atoms with van der Waals surface area (Å²) in [5, 5.41) is 2.45. The molecule has 3 aromatic carbocycles. The summed E-state index contributed by atoms with van der Waals surface area (Å²) in [6, 6.07) is 31.3. The molecule has 1 aliphatic rings. The molecule has 174 valence electrons. The van der Waals surface area contributed by atoms with Crippen LogP contribution in [0, 0.1) is 23.7 Å². The summed E-state index contributed by atoms with van der Waals surface area (Å²) in [6.07, 6.45) is 2.44. The highest BCUT2D eigenvalue weighted by molar-refractivity contribution is 6.99. The van der Waals surface area contributed by atoms with Crippen molar-refractivity contribution < 1.29 is 9.22 Å². The van der Waals surface area contributed by atoms with E-state index in [1.807, 2.05) is 30.3 Å². The molecule has 0 unspecified atom stereocenters. The van der Waals surface area contributed by atoms with Gasteiger partial charge >= 0.3 is 0 Å². The van der Waals surface area contributed by atoms with Gasteiger partial charge in [-0.1, -0.05) is 124 Å². The van der Waals surface area contributed by atoms with Gasteiger partial charge in [-0.05, 0) is 33.8 Å². The average molecular weight is 467 g/mol. The monoisotopic (exact) mass is 466 g/mol. The van der Waals surface area contributed by atoms with Crippen LogP contribution in [0.2, 0.25) is 5.04 Å². The summed E-state index contributed by atoms with van der Waals surface area (Å²) in [5.41, 5.74) is 1.08. The van der Waals surface area contributed by atoms with Crippen molar-refractivity contribution >= 4 is 24.5 Å². The molecule has 3 heteroatoms. The Labute approximate surface area is 205 Å². The van der Waals surface area contributed by atoms with Crippen LogP contribution < -0.4 is 10.4 Å². The summed E-state index contributed by atoms with van der Waals surface area (Å²) < 4.78 is 6.86. The molecule has 1 aliphatic carbocycles. The van der Waals surface area contributed by atoms with Gasteiger partial charge in [0.2, 0.25) is 0 Å². The molecule has 0 aliphatic heterocycles. The molecular weight excluding hydrogens is 432 g/mol. The lowest BCUT2D eigenvalue weighted by Gasteiger charge is -2.42. The van der Waals surface area contributed by atoms with Gasteiger partial charge < -0.3 is 4.43 Å². The Balaban J connectivity index is 1.51. The van der Waals surface area contributed by atoms with Crippen LogP contribution in [0.15, 0.2) is 91.0 Å². The lowest BCUT2D eigenvalue weighted by Crippen LogP contribution is -2.66. The molecule has 0 saturated heterocycles. The van der Waals surface area contributed by atoms with Gasteiger partial charge in [-0.25, -0.2) is 0 Å². The van der Waals surface area contributed by atoms with E-state index in [2.05, 4.69) is 93.3 Å². The van der Waals surface area contributed by atoms with Gasteiger partial charge in [-0.2, -0.15) is 0 Å². The molecule has 0 spiro atoms. The van der Waals surface area contributed by atoms with E-state index in [1.54, 1.807) is 0 Å². The van der Waals surface area contributed by atoms with Crippen molar-refractivity contribution in [3.8, 4) is 11.8 Å². The highest BCUT2D eigenvalue weighted by atomic mass is 28.4. The average Bonchev–Trinajstić information content (AvgIpc) is 2.81. The van der Waals surface area contributed by atoms with Crippen molar-refractivity contribution in [2.45, 2.75) is 45.1 Å². The van der Waals surface area contributed by atoms with Crippen molar-refractivity contribution in [1.82, 2.24) is 0 Å². The van der Waals surface area contributed by atoms with Gasteiger partial charge in [0.1, 0.15) is 5.78 Å². The zero-order valence-corrected chi connectivity index (χ0v) is 21.5. The van der Waals surface area contributed by atoms with Crippen LogP contribution in [0.3, 0.4) is 0 Å². The van der Waals surface area contributed by atoms with E-state index in [0.717, 1.165) is 18.4 Å². The second-order valence-electron chi connectivity index (χ2n) is 10.2. The number of benzene rings is 3. The maximum Gasteiger partial charge on any atom is 0.262 e. The minimum Gasteiger partial charge on any atom is -0.396 e. The Morgan fingerprint density at radius 3 is 1.85 bits per heavy atom.